The van der Waals surface area contributed by atoms with Crippen LogP contribution in [0.25, 0.3) is 150 Å². The van der Waals surface area contributed by atoms with E-state index in [9.17, 15) is 48.9 Å². The van der Waals surface area contributed by atoms with Gasteiger partial charge < -0.3 is 18.3 Å². The molecular weight excluding hydrogens is 965 g/mol. The van der Waals surface area contributed by atoms with E-state index in [0.717, 1.165) is 9.13 Å². The van der Waals surface area contributed by atoms with Crippen molar-refractivity contribution in [3.63, 3.8) is 0 Å². The minimum atomic E-state index is -1.27. The lowest BCUT2D eigenvalue weighted by Crippen LogP contribution is -2.16. The predicted molar refractivity (Wildman–Crippen MR) is 319 cm³/mol. The number of nitrogens with zero attached hydrogens (tertiary/aromatic N) is 6. The topological polar surface area (TPSA) is 67.3 Å². The monoisotopic (exact) mass is 1040 g/mol. The van der Waals surface area contributed by atoms with E-state index < -0.39 is 370 Å². The van der Waals surface area contributed by atoms with Crippen molar-refractivity contribution in [2.75, 3.05) is 0 Å². The fourth-order valence-corrected chi connectivity index (χ4v) is 12.9. The number of hydrogen-bond acceptors (Lipinski definition) is 4. The fraction of sp³-hybridized carbons (Fsp3) is 0. The van der Waals surface area contributed by atoms with Gasteiger partial charge in [0.2, 0.25) is 0 Å². The van der Waals surface area contributed by atoms with Gasteiger partial charge in [0.25, 0.3) is 0 Å². The molecule has 76 heavy (non-hydrogen) atoms. The first kappa shape index (κ1) is 20.0. The molecule has 350 valence electrons. The van der Waals surface area contributed by atoms with Crippen LogP contribution in [-0.2, 0) is 0 Å². The number of thiophene rings is 2. The predicted octanol–water partition coefficient (Wildman–Crippen LogP) is 18.6. The van der Waals surface area contributed by atoms with Crippen molar-refractivity contribution in [1.29, 1.82) is 10.5 Å². The number of para-hydroxylation sites is 6. The summed E-state index contributed by atoms with van der Waals surface area (Å²) in [6, 6.07) is -32.5. The maximum absolute atomic E-state index is 13.4. The molecule has 8 heteroatoms. The molecule has 0 bridgehead atoms. The third kappa shape index (κ3) is 5.26. The van der Waals surface area contributed by atoms with Crippen LogP contribution in [0.3, 0.4) is 0 Å². The molecule has 0 unspecified atom stereocenters. The molecule has 17 aromatic rings. The van der Waals surface area contributed by atoms with E-state index in [1.165, 1.54) is 0 Å². The zero-order chi connectivity index (χ0) is 81.2. The first-order valence-corrected chi connectivity index (χ1v) is 24.1. The molecule has 11 aromatic carbocycles. The Labute approximate surface area is 491 Å². The molecular formula is C68H36N6S2. The molecule has 6 aromatic heterocycles. The molecule has 0 N–H and O–H groups in total. The summed E-state index contributed by atoms with van der Waals surface area (Å²) in [5.74, 6) is 0. The second kappa shape index (κ2) is 15.3. The lowest BCUT2D eigenvalue weighted by Gasteiger charge is -2.27. The molecule has 0 aliphatic heterocycles. The molecule has 0 atom stereocenters. The van der Waals surface area contributed by atoms with Crippen molar-refractivity contribution in [3.05, 3.63) is 229 Å². The molecule has 0 fully saturated rings. The van der Waals surface area contributed by atoms with Gasteiger partial charge in [-0.1, -0.05) is 169 Å². The highest BCUT2D eigenvalue weighted by Gasteiger charge is 2.35. The molecule has 0 spiro atoms. The second-order valence-corrected chi connectivity index (χ2v) is 19.1. The Balaban J connectivity index is 1.35. The summed E-state index contributed by atoms with van der Waals surface area (Å²) in [4.78, 5) is 0. The Morgan fingerprint density at radius 2 is 0.526 bits per heavy atom. The Morgan fingerprint density at radius 1 is 0.276 bits per heavy atom. The van der Waals surface area contributed by atoms with E-state index in [1.807, 2.05) is 0 Å². The molecule has 0 radical (unpaired) electrons. The number of hydrogen-bond donors (Lipinski definition) is 0. The van der Waals surface area contributed by atoms with Gasteiger partial charge in [0.05, 0.1) is 126 Å². The van der Waals surface area contributed by atoms with Gasteiger partial charge in [0.1, 0.15) is 23.3 Å². The summed E-state index contributed by atoms with van der Waals surface area (Å²) in [5.41, 5.74) is -14.1. The fourth-order valence-electron chi connectivity index (χ4n) is 10.6. The summed E-state index contributed by atoms with van der Waals surface area (Å²) in [6.07, 6.45) is 0. The Bertz CT molecular complexity index is 7130. The van der Waals surface area contributed by atoms with Crippen molar-refractivity contribution in [3.8, 4) is 34.9 Å². The highest BCUT2D eigenvalue weighted by Crippen LogP contribution is 2.52. The molecule has 0 aliphatic carbocycles. The van der Waals surface area contributed by atoms with Crippen LogP contribution in [0.2, 0.25) is 0 Å². The smallest absolute Gasteiger partial charge is 0.104 e. The average molecular weight is 1040 g/mol. The SMILES string of the molecule is [2H]c1c([2H])c([2H])c2c(sc3c2c([2H])c([2H])c2c4c([2H])c([2H])c([2H])c([2H])c4n(-c4c(C#N)c(-n5c6c([2H])c([2H])c([2H])c([2H])c6c6c([2H])c([2H])c([2H])c([2H])c65)c(-n5c6c([2H])c([2H])c([2H])c([2H])c6c6c([2H])c([2H])c7c(sc8c([2H])c([2H])c([2H])c([2H])c87)c65)c(C#N)c4-n4c5c([2H])c([2H])c([2H])c([2H])c5c5c([2H])c([2H])c([2H])c([2H])c54)c32)c1[2H]. The van der Waals surface area contributed by atoms with Gasteiger partial charge in [-0.2, -0.15) is 10.5 Å². The van der Waals surface area contributed by atoms with E-state index >= 15 is 0 Å². The van der Waals surface area contributed by atoms with Gasteiger partial charge in [0, 0.05) is 74.0 Å². The lowest BCUT2D eigenvalue weighted by molar-refractivity contribution is 1.03. The normalized spacial score (nSPS) is 18.8. The van der Waals surface area contributed by atoms with E-state index in [0.29, 0.717) is 31.8 Å². The first-order valence-electron chi connectivity index (χ1n) is 40.4. The first-order chi connectivity index (χ1) is 52.6. The highest BCUT2D eigenvalue weighted by atomic mass is 32.1. The summed E-state index contributed by atoms with van der Waals surface area (Å²) >= 11 is 0.937. The average Bonchev–Trinajstić information content (AvgIpc) is 1.49. The van der Waals surface area contributed by atoms with E-state index in [1.54, 1.807) is 0 Å². The van der Waals surface area contributed by atoms with E-state index in [4.69, 9.17) is 11.0 Å². The van der Waals surface area contributed by atoms with Crippen molar-refractivity contribution in [1.82, 2.24) is 18.3 Å². The minimum absolute atomic E-state index is 0.351. The van der Waals surface area contributed by atoms with Crippen LogP contribution in [0.5, 0.6) is 0 Å². The molecule has 17 rings (SSSR count). The Hall–Kier alpha value is -9.96. The summed E-state index contributed by atoms with van der Waals surface area (Å²) < 4.78 is 345. The van der Waals surface area contributed by atoms with Gasteiger partial charge in [-0.3, -0.25) is 0 Å². The summed E-state index contributed by atoms with van der Waals surface area (Å²) in [5, 5.41) is 18.9. The number of nitriles is 2. The van der Waals surface area contributed by atoms with Gasteiger partial charge in [0.15, 0.2) is 0 Å². The number of benzene rings is 11. The maximum Gasteiger partial charge on any atom is 0.104 e. The minimum Gasteiger partial charge on any atom is -0.306 e. The van der Waals surface area contributed by atoms with Crippen molar-refractivity contribution >= 4 is 150 Å². The van der Waals surface area contributed by atoms with Crippen molar-refractivity contribution < 1.29 is 49.3 Å². The zero-order valence-electron chi connectivity index (χ0n) is 73.5. The van der Waals surface area contributed by atoms with Crippen molar-refractivity contribution in [2.45, 2.75) is 0 Å². The standard InChI is InChI=1S/C68H36N6S2/c69-37-51-61(71-53-25-9-1-17-39(53)40-18-2-10-26-54(40)71)63(73-57-29-13-5-21-43(57)47-33-35-49-45-23-7-15-31-59(45)75-67(49)65(47)73)52(38-70)62(72-55-27-11-3-19-41(55)42-20-4-12-28-56(42)72)64(51)74-58-30-14-6-22-44(58)48-34-36-50-46-24-8-16-32-60(46)76-68(50)66(48)74/h1-36H/i1D,2D,3D,4D,5D,6D,7D,8D,9D,10D,11D,12D,13D,14D,15D,16D,17D,18D,19D,20D,21D,22D,23D,24D,25D,26D,27D,28D,29D,30D,31D,32D,33D,34D,35D,36D. The van der Waals surface area contributed by atoms with Crippen LogP contribution in [0.4, 0.5) is 0 Å². The summed E-state index contributed by atoms with van der Waals surface area (Å²) in [6.45, 7) is 0. The molecule has 0 aliphatic rings. The maximum atomic E-state index is 13.4. The summed E-state index contributed by atoms with van der Waals surface area (Å²) in [7, 11) is 0. The highest BCUT2D eigenvalue weighted by molar-refractivity contribution is 7.27. The van der Waals surface area contributed by atoms with Crippen LogP contribution in [-0.4, -0.2) is 18.3 Å². The van der Waals surface area contributed by atoms with Gasteiger partial charge >= 0.3 is 0 Å². The zero-order valence-corrected chi connectivity index (χ0v) is 39.1. The Morgan fingerprint density at radius 3 is 0.855 bits per heavy atom. The van der Waals surface area contributed by atoms with E-state index in [2.05, 4.69) is 12.1 Å². The van der Waals surface area contributed by atoms with E-state index in [-0.39, 0.29) is 9.40 Å². The molecule has 0 saturated heterocycles. The van der Waals surface area contributed by atoms with Gasteiger partial charge in [-0.25, -0.2) is 0 Å². The van der Waals surface area contributed by atoms with Crippen LogP contribution >= 0.6 is 22.7 Å². The molecule has 6 nitrogen and oxygen atoms in total. The third-order valence-corrected chi connectivity index (χ3v) is 15.7. The number of rotatable bonds is 4. The largest absolute Gasteiger partial charge is 0.306 e. The molecule has 0 amide bonds. The molecule has 6 heterocycles. The Kier molecular flexibility index (Phi) is 4.04. The third-order valence-electron chi connectivity index (χ3n) is 13.5. The second-order valence-electron chi connectivity index (χ2n) is 17.0. The number of aromatic nitrogens is 4. The lowest BCUT2D eigenvalue weighted by atomic mass is 9.98. The quantitative estimate of drug-likeness (QED) is 0.176. The molecule has 0 saturated carbocycles. The van der Waals surface area contributed by atoms with Crippen LogP contribution in [0.15, 0.2) is 218 Å². The van der Waals surface area contributed by atoms with Crippen LogP contribution in [0, 0.1) is 22.7 Å². The van der Waals surface area contributed by atoms with Crippen molar-refractivity contribution in [2.24, 2.45) is 0 Å². The van der Waals surface area contributed by atoms with Gasteiger partial charge in [-0.05, 0) is 48.3 Å². The number of fused-ring (bicyclic) bond motifs is 20. The van der Waals surface area contributed by atoms with Crippen LogP contribution in [0.1, 0.15) is 60.5 Å². The van der Waals surface area contributed by atoms with Crippen LogP contribution < -0.4 is 0 Å². The van der Waals surface area contributed by atoms with Gasteiger partial charge in [-0.15, -0.1) is 22.7 Å².